The van der Waals surface area contributed by atoms with Crippen molar-refractivity contribution in [3.05, 3.63) is 57.8 Å². The number of rotatable bonds is 3. The summed E-state index contributed by atoms with van der Waals surface area (Å²) in [5, 5.41) is 20.7. The van der Waals surface area contributed by atoms with Crippen molar-refractivity contribution >= 4 is 33.5 Å². The van der Waals surface area contributed by atoms with Crippen molar-refractivity contribution < 1.29 is 24.2 Å². The highest BCUT2D eigenvalue weighted by Gasteiger charge is 2.14. The quantitative estimate of drug-likeness (QED) is 0.790. The van der Waals surface area contributed by atoms with Crippen LogP contribution in [0.15, 0.2) is 40.9 Å². The number of carbonyl (C=O) groups excluding carboxylic acids is 1. The lowest BCUT2D eigenvalue weighted by Gasteiger charge is -2.08. The summed E-state index contributed by atoms with van der Waals surface area (Å²) in [5.41, 5.74) is -0.298. The van der Waals surface area contributed by atoms with Gasteiger partial charge in [-0.3, -0.25) is 4.79 Å². The lowest BCUT2D eigenvalue weighted by molar-refractivity contribution is 0.0693. The number of hydrogen-bond donors (Lipinski definition) is 3. The van der Waals surface area contributed by atoms with E-state index in [0.717, 1.165) is 18.2 Å². The molecular formula is C14H9BrFNO4. The normalized spacial score (nSPS) is 10.2. The van der Waals surface area contributed by atoms with Crippen molar-refractivity contribution in [1.29, 1.82) is 0 Å². The van der Waals surface area contributed by atoms with Gasteiger partial charge >= 0.3 is 5.97 Å². The Balaban J connectivity index is 2.23. The fourth-order valence-electron chi connectivity index (χ4n) is 1.66. The molecule has 2 rings (SSSR count). The molecule has 21 heavy (non-hydrogen) atoms. The summed E-state index contributed by atoms with van der Waals surface area (Å²) >= 11 is 3.08. The number of phenols is 1. The van der Waals surface area contributed by atoms with Crippen LogP contribution in [0.2, 0.25) is 0 Å². The Kier molecular flexibility index (Phi) is 4.23. The first-order chi connectivity index (χ1) is 9.88. The summed E-state index contributed by atoms with van der Waals surface area (Å²) in [5.74, 6) is -3.18. The fraction of sp³-hybridized carbons (Fsp3) is 0. The lowest BCUT2D eigenvalue weighted by atomic mass is 10.1. The number of aromatic hydroxyl groups is 1. The van der Waals surface area contributed by atoms with Crippen molar-refractivity contribution in [3.63, 3.8) is 0 Å². The number of carboxylic acids is 1. The molecule has 2 aromatic carbocycles. The van der Waals surface area contributed by atoms with Crippen molar-refractivity contribution in [2.75, 3.05) is 5.32 Å². The molecule has 0 aliphatic heterocycles. The second kappa shape index (κ2) is 5.92. The third kappa shape index (κ3) is 3.38. The van der Waals surface area contributed by atoms with E-state index in [1.165, 1.54) is 18.2 Å². The molecule has 0 saturated carbocycles. The number of hydrogen-bond acceptors (Lipinski definition) is 3. The Hall–Kier alpha value is -2.41. The second-order valence-electron chi connectivity index (χ2n) is 4.12. The Morgan fingerprint density at radius 2 is 1.76 bits per heavy atom. The van der Waals surface area contributed by atoms with Crippen LogP contribution in [0.4, 0.5) is 10.1 Å². The van der Waals surface area contributed by atoms with E-state index >= 15 is 0 Å². The van der Waals surface area contributed by atoms with Crippen LogP contribution in [-0.2, 0) is 0 Å². The maximum atomic E-state index is 13.6. The van der Waals surface area contributed by atoms with Crippen molar-refractivity contribution in [2.24, 2.45) is 0 Å². The first-order valence-electron chi connectivity index (χ1n) is 5.71. The van der Waals surface area contributed by atoms with Gasteiger partial charge in [0.1, 0.15) is 17.1 Å². The van der Waals surface area contributed by atoms with Gasteiger partial charge in [-0.15, -0.1) is 0 Å². The van der Waals surface area contributed by atoms with E-state index < -0.39 is 23.4 Å². The molecule has 1 amide bonds. The van der Waals surface area contributed by atoms with E-state index in [-0.39, 0.29) is 16.8 Å². The monoisotopic (exact) mass is 353 g/mol. The predicted molar refractivity (Wildman–Crippen MR) is 77.1 cm³/mol. The van der Waals surface area contributed by atoms with Gasteiger partial charge in [0.05, 0.1) is 5.56 Å². The predicted octanol–water partition coefficient (Wildman–Crippen LogP) is 3.24. The standard InChI is InChI=1S/C14H9BrFNO4/c15-7-1-3-9(11(16)5-7)13(19)17-8-2-4-10(14(20)21)12(18)6-8/h1-6,18H,(H,17,19)(H,20,21). The molecule has 0 fully saturated rings. The smallest absolute Gasteiger partial charge is 0.339 e. The highest BCUT2D eigenvalue weighted by atomic mass is 79.9. The third-order valence-electron chi connectivity index (χ3n) is 2.66. The molecule has 0 spiro atoms. The maximum Gasteiger partial charge on any atom is 0.339 e. The zero-order valence-corrected chi connectivity index (χ0v) is 12.0. The number of carboxylic acid groups (broad SMARTS) is 1. The SMILES string of the molecule is O=C(O)c1ccc(NC(=O)c2ccc(Br)cc2F)cc1O. The molecule has 0 bridgehead atoms. The second-order valence-corrected chi connectivity index (χ2v) is 5.03. The Morgan fingerprint density at radius 3 is 2.33 bits per heavy atom. The molecule has 0 unspecified atom stereocenters. The van der Waals surface area contributed by atoms with E-state index in [2.05, 4.69) is 21.2 Å². The van der Waals surface area contributed by atoms with E-state index in [1.54, 1.807) is 0 Å². The zero-order chi connectivity index (χ0) is 15.6. The van der Waals surface area contributed by atoms with Crippen LogP contribution in [0.3, 0.4) is 0 Å². The van der Waals surface area contributed by atoms with Gasteiger partial charge in [0.25, 0.3) is 5.91 Å². The molecular weight excluding hydrogens is 345 g/mol. The molecule has 0 atom stereocenters. The molecule has 0 aliphatic rings. The van der Waals surface area contributed by atoms with Crippen LogP contribution in [0, 0.1) is 5.82 Å². The molecule has 2 aromatic rings. The minimum absolute atomic E-state index is 0.157. The Labute approximate surface area is 127 Å². The molecule has 0 aliphatic carbocycles. The molecule has 108 valence electrons. The molecule has 3 N–H and O–H groups in total. The van der Waals surface area contributed by atoms with Crippen molar-refractivity contribution in [3.8, 4) is 5.75 Å². The molecule has 0 aromatic heterocycles. The molecule has 7 heteroatoms. The van der Waals surface area contributed by atoms with Crippen LogP contribution < -0.4 is 5.32 Å². The highest BCUT2D eigenvalue weighted by Crippen LogP contribution is 2.23. The summed E-state index contributed by atoms with van der Waals surface area (Å²) in [6.07, 6.45) is 0. The van der Waals surface area contributed by atoms with E-state index in [9.17, 15) is 19.1 Å². The first-order valence-corrected chi connectivity index (χ1v) is 6.50. The van der Waals surface area contributed by atoms with Gasteiger partial charge in [-0.05, 0) is 30.3 Å². The Morgan fingerprint density at radius 1 is 1.10 bits per heavy atom. The highest BCUT2D eigenvalue weighted by molar-refractivity contribution is 9.10. The number of aromatic carboxylic acids is 1. The van der Waals surface area contributed by atoms with Crippen molar-refractivity contribution in [1.82, 2.24) is 0 Å². The topological polar surface area (TPSA) is 86.6 Å². The van der Waals surface area contributed by atoms with Crippen LogP contribution in [0.5, 0.6) is 5.75 Å². The van der Waals surface area contributed by atoms with Gasteiger partial charge in [-0.25, -0.2) is 9.18 Å². The zero-order valence-electron chi connectivity index (χ0n) is 10.4. The molecule has 0 heterocycles. The summed E-state index contributed by atoms with van der Waals surface area (Å²) < 4.78 is 14.1. The average molecular weight is 354 g/mol. The summed E-state index contributed by atoms with van der Waals surface area (Å²) in [7, 11) is 0. The van der Waals surface area contributed by atoms with E-state index in [0.29, 0.717) is 4.47 Å². The lowest BCUT2D eigenvalue weighted by Crippen LogP contribution is -2.13. The van der Waals surface area contributed by atoms with Crippen LogP contribution >= 0.6 is 15.9 Å². The van der Waals surface area contributed by atoms with Gasteiger partial charge in [-0.1, -0.05) is 15.9 Å². The number of nitrogens with one attached hydrogen (secondary N) is 1. The third-order valence-corrected chi connectivity index (χ3v) is 3.16. The number of anilines is 1. The fourth-order valence-corrected chi connectivity index (χ4v) is 2.00. The van der Waals surface area contributed by atoms with Gasteiger partial charge in [0, 0.05) is 16.2 Å². The van der Waals surface area contributed by atoms with Crippen LogP contribution in [0.25, 0.3) is 0 Å². The van der Waals surface area contributed by atoms with Gasteiger partial charge in [0.15, 0.2) is 0 Å². The van der Waals surface area contributed by atoms with Gasteiger partial charge in [0.2, 0.25) is 0 Å². The van der Waals surface area contributed by atoms with E-state index in [4.69, 9.17) is 5.11 Å². The number of carbonyl (C=O) groups is 2. The summed E-state index contributed by atoms with van der Waals surface area (Å²) in [6.45, 7) is 0. The minimum Gasteiger partial charge on any atom is -0.507 e. The summed E-state index contributed by atoms with van der Waals surface area (Å²) in [6, 6.07) is 7.50. The largest absolute Gasteiger partial charge is 0.507 e. The number of benzene rings is 2. The van der Waals surface area contributed by atoms with Crippen molar-refractivity contribution in [2.45, 2.75) is 0 Å². The molecule has 0 saturated heterocycles. The minimum atomic E-state index is -1.29. The first kappa shape index (κ1) is 15.0. The molecule has 0 radical (unpaired) electrons. The summed E-state index contributed by atoms with van der Waals surface area (Å²) in [4.78, 5) is 22.7. The Bertz CT molecular complexity index is 733. The van der Waals surface area contributed by atoms with Crippen LogP contribution in [-0.4, -0.2) is 22.1 Å². The average Bonchev–Trinajstić information content (AvgIpc) is 2.37. The maximum absolute atomic E-state index is 13.6. The number of amides is 1. The van der Waals surface area contributed by atoms with E-state index in [1.807, 2.05) is 0 Å². The van der Waals surface area contributed by atoms with Crippen LogP contribution in [0.1, 0.15) is 20.7 Å². The van der Waals surface area contributed by atoms with Gasteiger partial charge < -0.3 is 15.5 Å². The number of halogens is 2. The molecule has 5 nitrogen and oxygen atoms in total. The van der Waals surface area contributed by atoms with Gasteiger partial charge in [-0.2, -0.15) is 0 Å².